The molecule has 2 heterocycles. The van der Waals surface area contributed by atoms with E-state index in [9.17, 15) is 19.6 Å². The second-order valence-corrected chi connectivity index (χ2v) is 7.41. The topological polar surface area (TPSA) is 112 Å². The van der Waals surface area contributed by atoms with E-state index in [4.69, 9.17) is 9.15 Å². The fourth-order valence-corrected chi connectivity index (χ4v) is 3.72. The summed E-state index contributed by atoms with van der Waals surface area (Å²) in [6, 6.07) is 7.14. The highest BCUT2D eigenvalue weighted by molar-refractivity contribution is 6.43. The van der Waals surface area contributed by atoms with Gasteiger partial charge in [-0.2, -0.15) is 0 Å². The Morgan fingerprint density at radius 2 is 2.21 bits per heavy atom. The molecular weight excluding hydrogens is 375 g/mol. The van der Waals surface area contributed by atoms with Crippen molar-refractivity contribution in [1.82, 2.24) is 10.2 Å². The molecule has 0 unspecified atom stereocenters. The van der Waals surface area contributed by atoms with Crippen molar-refractivity contribution in [2.45, 2.75) is 31.7 Å². The quantitative estimate of drug-likeness (QED) is 0.480. The van der Waals surface area contributed by atoms with E-state index in [1.54, 1.807) is 4.90 Å². The van der Waals surface area contributed by atoms with E-state index in [0.29, 0.717) is 18.0 Å². The largest absolute Gasteiger partial charge is 0.475 e. The number of benzene rings is 1. The van der Waals surface area contributed by atoms with Crippen molar-refractivity contribution in [3.63, 3.8) is 0 Å². The molecule has 0 aliphatic carbocycles. The predicted molar refractivity (Wildman–Crippen MR) is 108 cm³/mol. The van der Waals surface area contributed by atoms with Gasteiger partial charge in [-0.3, -0.25) is 4.79 Å². The third kappa shape index (κ3) is 4.99. The number of carbonyl (C=O) groups excluding carboxylic acids is 2. The van der Waals surface area contributed by atoms with Gasteiger partial charge in [-0.15, -0.1) is 0 Å². The van der Waals surface area contributed by atoms with Crippen molar-refractivity contribution in [2.75, 3.05) is 13.2 Å². The maximum Gasteiger partial charge on any atom is 0.475 e. The van der Waals surface area contributed by atoms with E-state index in [0.717, 1.165) is 17.4 Å². The highest BCUT2D eigenvalue weighted by Crippen LogP contribution is 2.24. The molecule has 0 saturated carbocycles. The minimum Gasteiger partial charge on any atom is -0.464 e. The summed E-state index contributed by atoms with van der Waals surface area (Å²) in [5.74, 6) is -0.868. The Morgan fingerprint density at radius 1 is 1.45 bits per heavy atom. The first kappa shape index (κ1) is 20.9. The van der Waals surface area contributed by atoms with Gasteiger partial charge in [-0.1, -0.05) is 31.7 Å². The van der Waals surface area contributed by atoms with Crippen LogP contribution in [0.15, 0.2) is 47.6 Å². The molecule has 8 nitrogen and oxygen atoms in total. The molecule has 154 valence electrons. The molecule has 3 atom stereocenters. The number of rotatable bonds is 7. The van der Waals surface area contributed by atoms with Crippen molar-refractivity contribution >= 4 is 30.1 Å². The number of ether oxygens (including phenoxy) is 1. The zero-order chi connectivity index (χ0) is 21.0. The minimum absolute atomic E-state index is 0.0264. The summed E-state index contributed by atoms with van der Waals surface area (Å²) in [5.41, 5.74) is 1.42. The Balaban J connectivity index is 1.58. The Morgan fingerprint density at radius 3 is 2.93 bits per heavy atom. The number of nitrogens with one attached hydrogen (secondary N) is 1. The molecule has 1 aromatic carbocycles. The number of hydrogen-bond donors (Lipinski definition) is 3. The zero-order valence-electron chi connectivity index (χ0n) is 16.3. The smallest absolute Gasteiger partial charge is 0.464 e. The number of nitrogens with zero attached hydrogens (tertiary/aromatic N) is 1. The van der Waals surface area contributed by atoms with Gasteiger partial charge in [0.15, 0.2) is 0 Å². The van der Waals surface area contributed by atoms with Crippen LogP contribution >= 0.6 is 0 Å². The Kier molecular flexibility index (Phi) is 6.61. The molecule has 2 amide bonds. The normalized spacial score (nSPS) is 19.8. The molecule has 0 spiro atoms. The summed E-state index contributed by atoms with van der Waals surface area (Å²) in [7, 11) is -1.78. The van der Waals surface area contributed by atoms with Crippen LogP contribution in [0.25, 0.3) is 11.0 Å². The van der Waals surface area contributed by atoms with Crippen LogP contribution in [0.1, 0.15) is 18.9 Å². The Labute approximate surface area is 169 Å². The van der Waals surface area contributed by atoms with Crippen molar-refractivity contribution in [3.05, 3.63) is 48.7 Å². The van der Waals surface area contributed by atoms with E-state index in [1.807, 2.05) is 31.2 Å². The van der Waals surface area contributed by atoms with Gasteiger partial charge >= 0.3 is 13.2 Å². The van der Waals surface area contributed by atoms with Crippen LogP contribution in [0, 0.1) is 5.92 Å². The van der Waals surface area contributed by atoms with Gasteiger partial charge in [0.2, 0.25) is 5.91 Å². The lowest BCUT2D eigenvalue weighted by atomic mass is 9.76. The highest BCUT2D eigenvalue weighted by Gasteiger charge is 2.33. The number of hydrogen-bond acceptors (Lipinski definition) is 6. The molecule has 3 rings (SSSR count). The van der Waals surface area contributed by atoms with Crippen LogP contribution in [0.2, 0.25) is 0 Å². The molecule has 1 aliphatic heterocycles. The van der Waals surface area contributed by atoms with E-state index >= 15 is 0 Å². The lowest BCUT2D eigenvalue weighted by Crippen LogP contribution is -2.48. The number of para-hydroxylation sites is 1. The Bertz CT molecular complexity index is 883. The summed E-state index contributed by atoms with van der Waals surface area (Å²) >= 11 is 0. The van der Waals surface area contributed by atoms with Crippen molar-refractivity contribution < 1.29 is 28.8 Å². The van der Waals surface area contributed by atoms with Crippen LogP contribution in [-0.2, 0) is 16.0 Å². The minimum atomic E-state index is -1.78. The molecule has 1 fully saturated rings. The van der Waals surface area contributed by atoms with Crippen LogP contribution < -0.4 is 5.32 Å². The van der Waals surface area contributed by atoms with E-state index in [2.05, 4.69) is 11.9 Å². The first-order valence-electron chi connectivity index (χ1n) is 9.56. The number of amides is 2. The van der Waals surface area contributed by atoms with Gasteiger partial charge in [0.25, 0.3) is 0 Å². The van der Waals surface area contributed by atoms with Gasteiger partial charge in [0.1, 0.15) is 12.2 Å². The van der Waals surface area contributed by atoms with Crippen molar-refractivity contribution in [3.8, 4) is 0 Å². The van der Waals surface area contributed by atoms with Crippen molar-refractivity contribution in [2.24, 2.45) is 5.92 Å². The maximum atomic E-state index is 12.2. The summed E-state index contributed by atoms with van der Waals surface area (Å²) in [6.45, 7) is 6.14. The first-order valence-corrected chi connectivity index (χ1v) is 9.56. The number of alkyl carbamates (subject to hydrolysis) is 1. The molecule has 0 radical (unpaired) electrons. The van der Waals surface area contributed by atoms with Crippen LogP contribution in [0.5, 0.6) is 0 Å². The van der Waals surface area contributed by atoms with Crippen molar-refractivity contribution in [1.29, 1.82) is 0 Å². The predicted octanol–water partition coefficient (Wildman–Crippen LogP) is 1.51. The summed E-state index contributed by atoms with van der Waals surface area (Å²) < 4.78 is 10.7. The first-order chi connectivity index (χ1) is 13.9. The van der Waals surface area contributed by atoms with Gasteiger partial charge in [-0.25, -0.2) is 4.79 Å². The van der Waals surface area contributed by atoms with E-state index in [-0.39, 0.29) is 25.0 Å². The fourth-order valence-electron chi connectivity index (χ4n) is 3.72. The highest BCUT2D eigenvalue weighted by atomic mass is 16.5. The molecule has 29 heavy (non-hydrogen) atoms. The molecule has 1 aromatic heterocycles. The van der Waals surface area contributed by atoms with E-state index in [1.165, 1.54) is 12.3 Å². The monoisotopic (exact) mass is 400 g/mol. The van der Waals surface area contributed by atoms with Crippen LogP contribution in [-0.4, -0.2) is 59.2 Å². The second kappa shape index (κ2) is 9.15. The molecule has 9 heteroatoms. The maximum absolute atomic E-state index is 12.2. The van der Waals surface area contributed by atoms with Gasteiger partial charge in [0, 0.05) is 11.9 Å². The average molecular weight is 400 g/mol. The molecule has 1 saturated heterocycles. The van der Waals surface area contributed by atoms with E-state index < -0.39 is 19.2 Å². The number of carbonyl (C=O) groups is 2. The standard InChI is InChI=1S/C20H25BN2O6/c1-3-19(24)23-10-13(2)8-15(23)12-29-20(25)22-18(21(26)27)9-14-11-28-17-7-5-4-6-16(14)17/h3-7,11,13,15,18,26-27H,1,8-10,12H2,2H3,(H,22,25)/t13-,15+,18-/m0/s1. The lowest BCUT2D eigenvalue weighted by Gasteiger charge is -2.24. The SMILES string of the molecule is C=CC(=O)N1C[C@@H](C)C[C@@H]1COC(=O)N[C@@H](Cc1coc2ccccc12)B(O)O. The fraction of sp³-hybridized carbons (Fsp3) is 0.400. The molecule has 3 N–H and O–H groups in total. The second-order valence-electron chi connectivity index (χ2n) is 7.41. The van der Waals surface area contributed by atoms with Crippen LogP contribution in [0.4, 0.5) is 4.79 Å². The Hall–Kier alpha value is -2.78. The third-order valence-electron chi connectivity index (χ3n) is 5.15. The summed E-state index contributed by atoms with van der Waals surface area (Å²) in [6.07, 6.45) is 2.89. The lowest BCUT2D eigenvalue weighted by molar-refractivity contribution is -0.127. The molecular formula is C20H25BN2O6. The summed E-state index contributed by atoms with van der Waals surface area (Å²) in [4.78, 5) is 25.8. The molecule has 2 aromatic rings. The average Bonchev–Trinajstić information content (AvgIpc) is 3.28. The van der Waals surface area contributed by atoms with Gasteiger partial charge in [0.05, 0.1) is 18.2 Å². The number of likely N-dealkylation sites (tertiary alicyclic amines) is 1. The third-order valence-corrected chi connectivity index (χ3v) is 5.15. The number of furan rings is 1. The molecule has 0 bridgehead atoms. The molecule has 1 aliphatic rings. The number of fused-ring (bicyclic) bond motifs is 1. The zero-order valence-corrected chi connectivity index (χ0v) is 16.3. The van der Waals surface area contributed by atoms with Gasteiger partial charge in [-0.05, 0) is 36.5 Å². The van der Waals surface area contributed by atoms with Crippen LogP contribution in [0.3, 0.4) is 0 Å². The van der Waals surface area contributed by atoms with Gasteiger partial charge < -0.3 is 29.4 Å². The summed E-state index contributed by atoms with van der Waals surface area (Å²) in [5, 5.41) is 22.7.